The lowest BCUT2D eigenvalue weighted by Gasteiger charge is -2.38. The predicted octanol–water partition coefficient (Wildman–Crippen LogP) is 1.51. The zero-order valence-electron chi connectivity index (χ0n) is 12.0. The highest BCUT2D eigenvalue weighted by Gasteiger charge is 2.35. The maximum absolute atomic E-state index is 12.7. The van der Waals surface area contributed by atoms with Gasteiger partial charge >= 0.3 is 0 Å². The Balaban J connectivity index is 0.00000176. The average Bonchev–Trinajstić information content (AvgIpc) is 2.93. The molecule has 2 N–H and O–H groups in total. The van der Waals surface area contributed by atoms with E-state index >= 15 is 0 Å². The van der Waals surface area contributed by atoms with Gasteiger partial charge in [0.2, 0.25) is 11.8 Å². The van der Waals surface area contributed by atoms with Crippen LogP contribution in [0.15, 0.2) is 24.3 Å². The summed E-state index contributed by atoms with van der Waals surface area (Å²) >= 11 is 6.06. The Labute approximate surface area is 140 Å². The summed E-state index contributed by atoms with van der Waals surface area (Å²) in [6, 6.07) is 7.18. The molecule has 2 aliphatic heterocycles. The van der Waals surface area contributed by atoms with Crippen LogP contribution in [0.3, 0.4) is 0 Å². The largest absolute Gasteiger partial charge is 0.344 e. The minimum Gasteiger partial charge on any atom is -0.344 e. The molecule has 2 unspecified atom stereocenters. The van der Waals surface area contributed by atoms with Gasteiger partial charge in [0.15, 0.2) is 0 Å². The van der Waals surface area contributed by atoms with E-state index in [1.807, 2.05) is 29.2 Å². The molecular formula is C15H19Cl2N3O2. The van der Waals surface area contributed by atoms with E-state index in [9.17, 15) is 9.59 Å². The molecule has 2 aliphatic rings. The fraction of sp³-hybridized carbons (Fsp3) is 0.467. The number of nitrogens with one attached hydrogen (secondary N) is 2. The summed E-state index contributed by atoms with van der Waals surface area (Å²) in [5, 5.41) is 6.74. The quantitative estimate of drug-likeness (QED) is 0.855. The van der Waals surface area contributed by atoms with E-state index in [1.54, 1.807) is 0 Å². The first-order valence-electron chi connectivity index (χ1n) is 7.21. The summed E-state index contributed by atoms with van der Waals surface area (Å²) in [7, 11) is 0. The van der Waals surface area contributed by atoms with E-state index in [0.717, 1.165) is 12.1 Å². The van der Waals surface area contributed by atoms with Gasteiger partial charge in [0.25, 0.3) is 0 Å². The lowest BCUT2D eigenvalue weighted by Crippen LogP contribution is -2.53. The molecule has 0 saturated carbocycles. The molecule has 2 fully saturated rings. The molecule has 2 amide bonds. The Hall–Kier alpha value is -1.30. The Bertz CT molecular complexity index is 567. The first-order valence-corrected chi connectivity index (χ1v) is 7.59. The van der Waals surface area contributed by atoms with Crippen LogP contribution < -0.4 is 10.6 Å². The number of rotatable bonds is 2. The minimum absolute atomic E-state index is 0. The van der Waals surface area contributed by atoms with Crippen LogP contribution in [0.2, 0.25) is 5.02 Å². The lowest BCUT2D eigenvalue weighted by molar-refractivity contribution is -0.137. The first-order chi connectivity index (χ1) is 10.1. The predicted molar refractivity (Wildman–Crippen MR) is 87.2 cm³/mol. The second-order valence-corrected chi connectivity index (χ2v) is 5.90. The maximum Gasteiger partial charge on any atom is 0.245 e. The number of carbonyl (C=O) groups is 2. The summed E-state index contributed by atoms with van der Waals surface area (Å²) in [6.45, 7) is 2.11. The van der Waals surface area contributed by atoms with Crippen molar-refractivity contribution in [3.63, 3.8) is 0 Å². The number of piperazine rings is 1. The number of hydrogen-bond donors (Lipinski definition) is 2. The van der Waals surface area contributed by atoms with E-state index in [-0.39, 0.29) is 36.3 Å². The summed E-state index contributed by atoms with van der Waals surface area (Å²) < 4.78 is 0. The highest BCUT2D eigenvalue weighted by Crippen LogP contribution is 2.26. The molecule has 2 saturated heterocycles. The summed E-state index contributed by atoms with van der Waals surface area (Å²) in [6.07, 6.45) is 1.02. The summed E-state index contributed by atoms with van der Waals surface area (Å²) in [5.74, 6) is -0.0323. The van der Waals surface area contributed by atoms with Crippen molar-refractivity contribution >= 4 is 35.8 Å². The monoisotopic (exact) mass is 343 g/mol. The molecule has 120 valence electrons. The Morgan fingerprint density at radius 3 is 2.86 bits per heavy atom. The van der Waals surface area contributed by atoms with E-state index in [1.165, 1.54) is 0 Å². The molecule has 2 heterocycles. The van der Waals surface area contributed by atoms with E-state index < -0.39 is 0 Å². The molecule has 0 aromatic heterocycles. The molecule has 1 aromatic carbocycles. The van der Waals surface area contributed by atoms with E-state index in [2.05, 4.69) is 10.6 Å². The second kappa shape index (κ2) is 7.31. The van der Waals surface area contributed by atoms with Crippen molar-refractivity contribution in [2.75, 3.05) is 19.6 Å². The topological polar surface area (TPSA) is 61.4 Å². The molecule has 0 radical (unpaired) electrons. The van der Waals surface area contributed by atoms with Crippen molar-refractivity contribution in [2.45, 2.75) is 24.9 Å². The van der Waals surface area contributed by atoms with E-state index in [0.29, 0.717) is 31.0 Å². The van der Waals surface area contributed by atoms with Crippen LogP contribution in [0.1, 0.15) is 24.4 Å². The molecule has 7 heteroatoms. The number of nitrogens with zero attached hydrogens (tertiary/aromatic N) is 1. The number of carbonyl (C=O) groups excluding carboxylic acids is 2. The van der Waals surface area contributed by atoms with Gasteiger partial charge in [-0.25, -0.2) is 0 Å². The summed E-state index contributed by atoms with van der Waals surface area (Å²) in [5.41, 5.74) is 1.02. The number of halogens is 2. The first kappa shape index (κ1) is 17.1. The Kier molecular flexibility index (Phi) is 5.67. The van der Waals surface area contributed by atoms with Crippen LogP contribution in [-0.4, -0.2) is 42.4 Å². The molecule has 0 bridgehead atoms. The zero-order chi connectivity index (χ0) is 14.8. The van der Waals surface area contributed by atoms with Gasteiger partial charge < -0.3 is 15.5 Å². The van der Waals surface area contributed by atoms with Crippen molar-refractivity contribution in [1.82, 2.24) is 15.5 Å². The fourth-order valence-electron chi connectivity index (χ4n) is 2.98. The van der Waals surface area contributed by atoms with E-state index in [4.69, 9.17) is 11.6 Å². The standard InChI is InChI=1S/C15H18ClN3O2.ClH/c16-11-3-1-2-10(8-11)13-9-17-6-7-19(13)15(21)12-4-5-14(20)18-12;/h1-3,8,12-13,17H,4-7,9H2,(H,18,20);1H. The maximum atomic E-state index is 12.7. The molecule has 5 nitrogen and oxygen atoms in total. The van der Waals surface area contributed by atoms with Crippen LogP contribution >= 0.6 is 24.0 Å². The number of benzene rings is 1. The molecule has 3 rings (SSSR count). The van der Waals surface area contributed by atoms with Crippen LogP contribution in [0.4, 0.5) is 0 Å². The van der Waals surface area contributed by atoms with Crippen molar-refractivity contribution < 1.29 is 9.59 Å². The number of hydrogen-bond acceptors (Lipinski definition) is 3. The van der Waals surface area contributed by atoms with Gasteiger partial charge in [-0.2, -0.15) is 0 Å². The zero-order valence-corrected chi connectivity index (χ0v) is 13.6. The third kappa shape index (κ3) is 3.54. The highest BCUT2D eigenvalue weighted by molar-refractivity contribution is 6.30. The second-order valence-electron chi connectivity index (χ2n) is 5.47. The van der Waals surface area contributed by atoms with Gasteiger partial charge in [-0.15, -0.1) is 12.4 Å². The Morgan fingerprint density at radius 2 is 2.18 bits per heavy atom. The molecule has 0 aliphatic carbocycles. The van der Waals surface area contributed by atoms with Crippen molar-refractivity contribution in [2.24, 2.45) is 0 Å². The van der Waals surface area contributed by atoms with Gasteiger partial charge in [-0.1, -0.05) is 23.7 Å². The molecule has 22 heavy (non-hydrogen) atoms. The molecule has 2 atom stereocenters. The molecular weight excluding hydrogens is 325 g/mol. The van der Waals surface area contributed by atoms with Crippen molar-refractivity contribution in [3.05, 3.63) is 34.9 Å². The van der Waals surface area contributed by atoms with Crippen LogP contribution in [0.25, 0.3) is 0 Å². The van der Waals surface area contributed by atoms with Gasteiger partial charge in [0, 0.05) is 31.1 Å². The average molecular weight is 344 g/mol. The minimum atomic E-state index is -0.378. The van der Waals surface area contributed by atoms with Gasteiger partial charge in [0.05, 0.1) is 6.04 Å². The van der Waals surface area contributed by atoms with Gasteiger partial charge in [-0.05, 0) is 24.1 Å². The van der Waals surface area contributed by atoms with Crippen LogP contribution in [0, 0.1) is 0 Å². The van der Waals surface area contributed by atoms with Gasteiger partial charge in [0.1, 0.15) is 6.04 Å². The fourth-order valence-corrected chi connectivity index (χ4v) is 3.18. The Morgan fingerprint density at radius 1 is 1.36 bits per heavy atom. The van der Waals surface area contributed by atoms with Crippen LogP contribution in [-0.2, 0) is 9.59 Å². The smallest absolute Gasteiger partial charge is 0.245 e. The molecule has 0 spiro atoms. The van der Waals surface area contributed by atoms with Crippen LogP contribution in [0.5, 0.6) is 0 Å². The number of amides is 2. The lowest BCUT2D eigenvalue weighted by atomic mass is 10.0. The summed E-state index contributed by atoms with van der Waals surface area (Å²) in [4.78, 5) is 25.8. The highest BCUT2D eigenvalue weighted by atomic mass is 35.5. The van der Waals surface area contributed by atoms with Crippen molar-refractivity contribution in [3.8, 4) is 0 Å². The third-order valence-electron chi connectivity index (χ3n) is 4.05. The third-order valence-corrected chi connectivity index (χ3v) is 4.29. The molecule has 1 aromatic rings. The van der Waals surface area contributed by atoms with Gasteiger partial charge in [-0.3, -0.25) is 9.59 Å². The normalized spacial score (nSPS) is 24.6. The SMILES string of the molecule is Cl.O=C1CCC(C(=O)N2CCNCC2c2cccc(Cl)c2)N1. The van der Waals surface area contributed by atoms with Crippen molar-refractivity contribution in [1.29, 1.82) is 0 Å².